The molecule has 1 aliphatic rings. The number of ketones is 1. The molecule has 0 aliphatic carbocycles. The molecule has 1 fully saturated rings. The van der Waals surface area contributed by atoms with E-state index in [4.69, 9.17) is 4.98 Å². The molecular formula is C25H27N3O4S. The monoisotopic (exact) mass is 465 g/mol. The second kappa shape index (κ2) is 8.26. The Balaban J connectivity index is 1.80. The third kappa shape index (κ3) is 5.06. The molecular weight excluding hydrogens is 438 g/mol. The van der Waals surface area contributed by atoms with E-state index in [1.165, 1.54) is 0 Å². The molecule has 172 valence electrons. The molecule has 0 bridgehead atoms. The topological polar surface area (TPSA) is 96.4 Å². The largest absolute Gasteiger partial charge is 0.309 e. The molecule has 8 heteroatoms. The lowest BCUT2D eigenvalue weighted by atomic mass is 9.85. The summed E-state index contributed by atoms with van der Waals surface area (Å²) >= 11 is 0. The van der Waals surface area contributed by atoms with Crippen LogP contribution in [0.3, 0.4) is 0 Å². The minimum atomic E-state index is -3.34. The molecule has 1 amide bonds. The Bertz CT molecular complexity index is 1360. The summed E-state index contributed by atoms with van der Waals surface area (Å²) in [5, 5.41) is 0.901. The van der Waals surface area contributed by atoms with Crippen LogP contribution in [0.1, 0.15) is 39.2 Å². The van der Waals surface area contributed by atoms with Gasteiger partial charge in [-0.25, -0.2) is 8.42 Å². The van der Waals surface area contributed by atoms with Crippen molar-refractivity contribution in [3.8, 4) is 11.1 Å². The van der Waals surface area contributed by atoms with Gasteiger partial charge in [0.15, 0.2) is 0 Å². The maximum absolute atomic E-state index is 12.7. The number of sulfonamides is 1. The molecule has 0 saturated carbocycles. The van der Waals surface area contributed by atoms with Crippen molar-refractivity contribution < 1.29 is 18.0 Å². The van der Waals surface area contributed by atoms with Crippen molar-refractivity contribution in [1.82, 2.24) is 4.98 Å². The summed E-state index contributed by atoms with van der Waals surface area (Å²) in [4.78, 5) is 30.8. The van der Waals surface area contributed by atoms with Gasteiger partial charge >= 0.3 is 0 Å². The number of nitrogens with one attached hydrogen (secondary N) is 1. The van der Waals surface area contributed by atoms with Crippen molar-refractivity contribution in [2.75, 3.05) is 22.4 Å². The predicted molar refractivity (Wildman–Crippen MR) is 131 cm³/mol. The molecule has 33 heavy (non-hydrogen) atoms. The molecule has 7 nitrogen and oxygen atoms in total. The summed E-state index contributed by atoms with van der Waals surface area (Å²) in [6.07, 6.45) is 3.13. The lowest BCUT2D eigenvalue weighted by molar-refractivity contribution is -0.128. The normalized spacial score (nSPS) is 15.2. The van der Waals surface area contributed by atoms with E-state index in [-0.39, 0.29) is 23.5 Å². The van der Waals surface area contributed by atoms with Gasteiger partial charge in [-0.1, -0.05) is 32.9 Å². The Morgan fingerprint density at radius 3 is 2.30 bits per heavy atom. The zero-order chi connectivity index (χ0) is 24.0. The minimum absolute atomic E-state index is 0.0309. The summed E-state index contributed by atoms with van der Waals surface area (Å²) in [5.41, 5.74) is 4.63. The number of amides is 1. The van der Waals surface area contributed by atoms with Crippen molar-refractivity contribution >= 4 is 44.0 Å². The number of hydrogen-bond donors (Lipinski definition) is 1. The van der Waals surface area contributed by atoms with Gasteiger partial charge in [0.05, 0.1) is 23.9 Å². The number of rotatable bonds is 4. The van der Waals surface area contributed by atoms with E-state index in [1.807, 2.05) is 24.3 Å². The van der Waals surface area contributed by atoms with E-state index in [9.17, 15) is 18.0 Å². The molecule has 4 rings (SSSR count). The predicted octanol–water partition coefficient (Wildman–Crippen LogP) is 4.27. The van der Waals surface area contributed by atoms with Gasteiger partial charge in [0.2, 0.25) is 15.9 Å². The average molecular weight is 466 g/mol. The number of pyridine rings is 1. The highest BCUT2D eigenvalue weighted by Gasteiger charge is 2.28. The van der Waals surface area contributed by atoms with Crippen molar-refractivity contribution in [3.05, 3.63) is 54.2 Å². The van der Waals surface area contributed by atoms with Crippen LogP contribution in [0, 0.1) is 0 Å². The zero-order valence-corrected chi connectivity index (χ0v) is 20.0. The summed E-state index contributed by atoms with van der Waals surface area (Å²) in [6, 6.07) is 13.2. The highest BCUT2D eigenvalue weighted by atomic mass is 32.2. The van der Waals surface area contributed by atoms with Crippen LogP contribution in [0.25, 0.3) is 22.0 Å². The Morgan fingerprint density at radius 2 is 1.70 bits per heavy atom. The SMILES string of the molecule is CC(C)(C)c1cc(N2CCC(=O)CC2=O)c2ncc(-c3ccc(NS(C)(=O)=O)cc3)cc2c1. The number of carbonyl (C=O) groups excluding carboxylic acids is 2. The Kier molecular flexibility index (Phi) is 5.74. The first-order chi connectivity index (χ1) is 15.4. The fraction of sp³-hybridized carbons (Fsp3) is 0.320. The third-order valence-electron chi connectivity index (χ3n) is 5.71. The van der Waals surface area contributed by atoms with Crippen molar-refractivity contribution in [3.63, 3.8) is 0 Å². The molecule has 1 saturated heterocycles. The van der Waals surface area contributed by atoms with Gasteiger partial charge in [-0.05, 0) is 46.9 Å². The van der Waals surface area contributed by atoms with Crippen LogP contribution >= 0.6 is 0 Å². The number of anilines is 2. The Labute approximate surface area is 193 Å². The van der Waals surface area contributed by atoms with Crippen LogP contribution in [0.4, 0.5) is 11.4 Å². The van der Waals surface area contributed by atoms with Gasteiger partial charge in [0.1, 0.15) is 5.78 Å². The Hall–Kier alpha value is -3.26. The lowest BCUT2D eigenvalue weighted by Gasteiger charge is -2.29. The number of Topliss-reactive ketones (excluding diaryl/α,β-unsaturated/α-hetero) is 1. The highest BCUT2D eigenvalue weighted by Crippen LogP contribution is 2.36. The van der Waals surface area contributed by atoms with Gasteiger partial charge in [-0.2, -0.15) is 0 Å². The molecule has 0 spiro atoms. The van der Waals surface area contributed by atoms with Crippen molar-refractivity contribution in [2.45, 2.75) is 39.0 Å². The average Bonchev–Trinajstić information content (AvgIpc) is 2.71. The van der Waals surface area contributed by atoms with E-state index in [2.05, 4.69) is 31.6 Å². The third-order valence-corrected chi connectivity index (χ3v) is 6.31. The van der Waals surface area contributed by atoms with Gasteiger partial charge < -0.3 is 4.90 Å². The number of fused-ring (bicyclic) bond motifs is 1. The first-order valence-electron chi connectivity index (χ1n) is 10.8. The van der Waals surface area contributed by atoms with Gasteiger partial charge in [-0.3, -0.25) is 19.3 Å². The molecule has 3 aromatic rings. The van der Waals surface area contributed by atoms with Crippen LogP contribution < -0.4 is 9.62 Å². The fourth-order valence-corrected chi connectivity index (χ4v) is 4.50. The number of carbonyl (C=O) groups is 2. The number of aromatic nitrogens is 1. The fourth-order valence-electron chi connectivity index (χ4n) is 3.94. The summed E-state index contributed by atoms with van der Waals surface area (Å²) in [7, 11) is -3.34. The van der Waals surface area contributed by atoms with Gasteiger partial charge in [0.25, 0.3) is 0 Å². The summed E-state index contributed by atoms with van der Waals surface area (Å²) < 4.78 is 25.4. The first-order valence-corrected chi connectivity index (χ1v) is 12.6. The van der Waals surface area contributed by atoms with Crippen LogP contribution in [0.15, 0.2) is 48.7 Å². The quantitative estimate of drug-likeness (QED) is 0.581. The standard InChI is InChI=1S/C25H27N3O4S/c1-25(2,3)19-12-17-11-18(16-5-7-20(8-6-16)27-33(4,31)32)15-26-24(17)22(13-19)28-10-9-21(29)14-23(28)30/h5-8,11-13,15,27H,9-10,14H2,1-4H3. The lowest BCUT2D eigenvalue weighted by Crippen LogP contribution is -2.39. The zero-order valence-electron chi connectivity index (χ0n) is 19.2. The Morgan fingerprint density at radius 1 is 1.00 bits per heavy atom. The second-order valence-corrected chi connectivity index (χ2v) is 11.3. The first kappa shape index (κ1) is 22.9. The van der Waals surface area contributed by atoms with Crippen LogP contribution in [0.2, 0.25) is 0 Å². The number of piperidine rings is 1. The van der Waals surface area contributed by atoms with Crippen LogP contribution in [-0.2, 0) is 25.0 Å². The van der Waals surface area contributed by atoms with E-state index in [0.717, 1.165) is 34.0 Å². The molecule has 1 N–H and O–H groups in total. The van der Waals surface area contributed by atoms with Gasteiger partial charge in [0, 0.05) is 35.8 Å². The minimum Gasteiger partial charge on any atom is -0.309 e. The van der Waals surface area contributed by atoms with Gasteiger partial charge in [-0.15, -0.1) is 0 Å². The molecule has 2 aromatic carbocycles. The van der Waals surface area contributed by atoms with E-state index in [0.29, 0.717) is 24.2 Å². The van der Waals surface area contributed by atoms with E-state index in [1.54, 1.807) is 23.2 Å². The number of benzene rings is 2. The second-order valence-electron chi connectivity index (χ2n) is 9.50. The van der Waals surface area contributed by atoms with Crippen molar-refractivity contribution in [2.24, 2.45) is 0 Å². The molecule has 0 unspecified atom stereocenters. The van der Waals surface area contributed by atoms with Crippen LogP contribution in [0.5, 0.6) is 0 Å². The highest BCUT2D eigenvalue weighted by molar-refractivity contribution is 7.92. The summed E-state index contributed by atoms with van der Waals surface area (Å²) in [5.74, 6) is -0.227. The van der Waals surface area contributed by atoms with Crippen LogP contribution in [-0.4, -0.2) is 37.9 Å². The van der Waals surface area contributed by atoms with Crippen molar-refractivity contribution in [1.29, 1.82) is 0 Å². The smallest absolute Gasteiger partial charge is 0.234 e. The summed E-state index contributed by atoms with van der Waals surface area (Å²) in [6.45, 7) is 6.71. The number of nitrogens with zero attached hydrogens (tertiary/aromatic N) is 2. The molecule has 1 aliphatic heterocycles. The molecule has 0 radical (unpaired) electrons. The molecule has 2 heterocycles. The maximum atomic E-state index is 12.7. The molecule has 1 aromatic heterocycles. The molecule has 0 atom stereocenters. The number of hydrogen-bond acceptors (Lipinski definition) is 5. The van der Waals surface area contributed by atoms with E-state index < -0.39 is 10.0 Å². The maximum Gasteiger partial charge on any atom is 0.234 e. The van der Waals surface area contributed by atoms with E-state index >= 15 is 0 Å².